The molecule has 0 saturated carbocycles. The van der Waals surface area contributed by atoms with E-state index in [0.29, 0.717) is 12.3 Å². The van der Waals surface area contributed by atoms with Gasteiger partial charge in [0, 0.05) is 10.9 Å². The Morgan fingerprint density at radius 2 is 2.06 bits per heavy atom. The van der Waals surface area contributed by atoms with Crippen LogP contribution >= 0.6 is 11.3 Å². The maximum Gasteiger partial charge on any atom is 0.348 e. The molecule has 1 aromatic carbocycles. The normalized spacial score (nSPS) is 10.3. The van der Waals surface area contributed by atoms with Crippen LogP contribution in [0.1, 0.15) is 16.6 Å². The van der Waals surface area contributed by atoms with Crippen LogP contribution in [-0.2, 0) is 0 Å². The van der Waals surface area contributed by atoms with Gasteiger partial charge in [-0.1, -0.05) is 12.1 Å². The predicted molar refractivity (Wildman–Crippen MR) is 72.3 cm³/mol. The zero-order chi connectivity index (χ0) is 13.1. The van der Waals surface area contributed by atoms with Crippen LogP contribution in [0.2, 0.25) is 0 Å². The number of aromatic carboxylic acids is 1. The van der Waals surface area contributed by atoms with Gasteiger partial charge >= 0.3 is 5.97 Å². The number of anilines is 1. The van der Waals surface area contributed by atoms with Crippen molar-refractivity contribution in [1.82, 2.24) is 0 Å². The van der Waals surface area contributed by atoms with Gasteiger partial charge in [0.05, 0.1) is 12.3 Å². The first-order chi connectivity index (χ1) is 8.63. The highest BCUT2D eigenvalue weighted by molar-refractivity contribution is 7.13. The number of rotatable bonds is 4. The highest BCUT2D eigenvalue weighted by Crippen LogP contribution is 2.34. The van der Waals surface area contributed by atoms with Gasteiger partial charge in [0.2, 0.25) is 0 Å². The quantitative estimate of drug-likeness (QED) is 0.889. The molecule has 0 radical (unpaired) electrons. The molecule has 2 aromatic rings. The molecule has 0 atom stereocenters. The molecule has 5 heteroatoms. The van der Waals surface area contributed by atoms with Gasteiger partial charge in [-0.05, 0) is 24.6 Å². The number of thiophene rings is 1. The lowest BCUT2D eigenvalue weighted by Gasteiger charge is -2.05. The van der Waals surface area contributed by atoms with Crippen molar-refractivity contribution >= 4 is 23.0 Å². The smallest absolute Gasteiger partial charge is 0.348 e. The molecule has 1 aromatic heterocycles. The number of carboxylic acid groups (broad SMARTS) is 1. The molecule has 0 saturated heterocycles. The first-order valence-electron chi connectivity index (χ1n) is 5.47. The maximum atomic E-state index is 10.9. The van der Waals surface area contributed by atoms with E-state index >= 15 is 0 Å². The molecule has 1 heterocycles. The Bertz CT molecular complexity index is 560. The standard InChI is InChI=1S/C13H13NO3S/c1-2-17-9-5-3-8(4-6-9)10-7-18-12(11(10)14)13(15)16/h3-7H,2,14H2,1H3,(H,15,16). The van der Waals surface area contributed by atoms with Gasteiger partial charge in [-0.2, -0.15) is 0 Å². The lowest BCUT2D eigenvalue weighted by molar-refractivity contribution is 0.0703. The fraction of sp³-hybridized carbons (Fsp3) is 0.154. The van der Waals surface area contributed by atoms with Crippen LogP contribution in [0.25, 0.3) is 11.1 Å². The second-order valence-electron chi connectivity index (χ2n) is 3.65. The van der Waals surface area contributed by atoms with Gasteiger partial charge < -0.3 is 15.6 Å². The maximum absolute atomic E-state index is 10.9. The number of hydrogen-bond acceptors (Lipinski definition) is 4. The number of carboxylic acids is 1. The van der Waals surface area contributed by atoms with Crippen LogP contribution in [-0.4, -0.2) is 17.7 Å². The third-order valence-corrected chi connectivity index (χ3v) is 3.48. The summed E-state index contributed by atoms with van der Waals surface area (Å²) < 4.78 is 5.35. The highest BCUT2D eigenvalue weighted by atomic mass is 32.1. The molecule has 0 bridgehead atoms. The summed E-state index contributed by atoms with van der Waals surface area (Å²) in [5, 5.41) is 10.7. The second-order valence-corrected chi connectivity index (χ2v) is 4.53. The molecular weight excluding hydrogens is 250 g/mol. The zero-order valence-corrected chi connectivity index (χ0v) is 10.7. The van der Waals surface area contributed by atoms with E-state index in [2.05, 4.69) is 0 Å². The van der Waals surface area contributed by atoms with Crippen molar-refractivity contribution in [3.63, 3.8) is 0 Å². The molecule has 0 aliphatic heterocycles. The Kier molecular flexibility index (Phi) is 3.53. The molecule has 3 N–H and O–H groups in total. The largest absolute Gasteiger partial charge is 0.494 e. The fourth-order valence-corrected chi connectivity index (χ4v) is 2.49. The zero-order valence-electron chi connectivity index (χ0n) is 9.84. The number of carbonyl (C=O) groups is 1. The van der Waals surface area contributed by atoms with Crippen molar-refractivity contribution in [2.75, 3.05) is 12.3 Å². The van der Waals surface area contributed by atoms with Gasteiger partial charge in [0.25, 0.3) is 0 Å². The average Bonchev–Trinajstić information content (AvgIpc) is 2.73. The molecule has 0 aliphatic carbocycles. The molecule has 4 nitrogen and oxygen atoms in total. The molecular formula is C13H13NO3S. The molecule has 0 spiro atoms. The van der Waals surface area contributed by atoms with Crippen molar-refractivity contribution in [1.29, 1.82) is 0 Å². The molecule has 0 unspecified atom stereocenters. The SMILES string of the molecule is CCOc1ccc(-c2csc(C(=O)O)c2N)cc1. The van der Waals surface area contributed by atoms with Gasteiger partial charge in [-0.3, -0.25) is 0 Å². The van der Waals surface area contributed by atoms with Crippen LogP contribution in [0.4, 0.5) is 5.69 Å². The van der Waals surface area contributed by atoms with Gasteiger partial charge in [-0.15, -0.1) is 11.3 Å². The molecule has 2 rings (SSSR count). The lowest BCUT2D eigenvalue weighted by atomic mass is 10.1. The summed E-state index contributed by atoms with van der Waals surface area (Å²) in [5.41, 5.74) is 7.79. The minimum atomic E-state index is -0.991. The van der Waals surface area contributed by atoms with Crippen molar-refractivity contribution in [3.8, 4) is 16.9 Å². The summed E-state index contributed by atoms with van der Waals surface area (Å²) >= 11 is 1.14. The van der Waals surface area contributed by atoms with E-state index in [4.69, 9.17) is 15.6 Å². The highest BCUT2D eigenvalue weighted by Gasteiger charge is 2.15. The van der Waals surface area contributed by atoms with Gasteiger partial charge in [0.1, 0.15) is 10.6 Å². The molecule has 18 heavy (non-hydrogen) atoms. The third-order valence-electron chi connectivity index (χ3n) is 2.50. The van der Waals surface area contributed by atoms with Gasteiger partial charge in [-0.25, -0.2) is 4.79 Å². The number of ether oxygens (including phenoxy) is 1. The number of nitrogens with two attached hydrogens (primary N) is 1. The number of benzene rings is 1. The van der Waals surface area contributed by atoms with E-state index < -0.39 is 5.97 Å². The lowest BCUT2D eigenvalue weighted by Crippen LogP contribution is -1.98. The summed E-state index contributed by atoms with van der Waals surface area (Å²) in [4.78, 5) is 11.1. The topological polar surface area (TPSA) is 72.5 Å². The van der Waals surface area contributed by atoms with Crippen molar-refractivity contribution in [2.24, 2.45) is 0 Å². The average molecular weight is 263 g/mol. The Morgan fingerprint density at radius 1 is 1.39 bits per heavy atom. The van der Waals surface area contributed by atoms with Crippen LogP contribution in [0.3, 0.4) is 0 Å². The first-order valence-corrected chi connectivity index (χ1v) is 6.35. The van der Waals surface area contributed by atoms with E-state index in [-0.39, 0.29) is 4.88 Å². The van der Waals surface area contributed by atoms with Crippen molar-refractivity contribution in [3.05, 3.63) is 34.5 Å². The van der Waals surface area contributed by atoms with Crippen LogP contribution in [0.5, 0.6) is 5.75 Å². The minimum Gasteiger partial charge on any atom is -0.494 e. The van der Waals surface area contributed by atoms with Crippen LogP contribution in [0.15, 0.2) is 29.6 Å². The van der Waals surface area contributed by atoms with E-state index in [9.17, 15) is 4.79 Å². The van der Waals surface area contributed by atoms with Crippen molar-refractivity contribution in [2.45, 2.75) is 6.92 Å². The summed E-state index contributed by atoms with van der Waals surface area (Å²) in [7, 11) is 0. The fourth-order valence-electron chi connectivity index (χ4n) is 1.65. The van der Waals surface area contributed by atoms with E-state index in [1.54, 1.807) is 5.38 Å². The first kappa shape index (κ1) is 12.4. The Hall–Kier alpha value is -2.01. The Balaban J connectivity index is 2.34. The third kappa shape index (κ3) is 2.31. The Labute approximate surface area is 109 Å². The summed E-state index contributed by atoms with van der Waals surface area (Å²) in [6.45, 7) is 2.53. The predicted octanol–water partition coefficient (Wildman–Crippen LogP) is 3.09. The molecule has 0 amide bonds. The summed E-state index contributed by atoms with van der Waals surface area (Å²) in [6, 6.07) is 7.43. The summed E-state index contributed by atoms with van der Waals surface area (Å²) in [5.74, 6) is -0.205. The monoisotopic (exact) mass is 263 g/mol. The number of hydrogen-bond donors (Lipinski definition) is 2. The second kappa shape index (κ2) is 5.10. The van der Waals surface area contributed by atoms with Gasteiger partial charge in [0.15, 0.2) is 0 Å². The summed E-state index contributed by atoms with van der Waals surface area (Å²) in [6.07, 6.45) is 0. The molecule has 94 valence electrons. The van der Waals surface area contributed by atoms with E-state index in [0.717, 1.165) is 28.2 Å². The number of nitrogen functional groups attached to an aromatic ring is 1. The molecule has 0 aliphatic rings. The Morgan fingerprint density at radius 3 is 2.56 bits per heavy atom. The van der Waals surface area contributed by atoms with E-state index in [1.807, 2.05) is 31.2 Å². The minimum absolute atomic E-state index is 0.180. The van der Waals surface area contributed by atoms with E-state index in [1.165, 1.54) is 0 Å². The van der Waals surface area contributed by atoms with Crippen LogP contribution in [0, 0.1) is 0 Å². The van der Waals surface area contributed by atoms with Crippen LogP contribution < -0.4 is 10.5 Å². The molecule has 0 fully saturated rings. The van der Waals surface area contributed by atoms with Crippen molar-refractivity contribution < 1.29 is 14.6 Å².